The largest absolute Gasteiger partial charge is 0.484 e. The maximum Gasteiger partial charge on any atom is 0.257 e. The van der Waals surface area contributed by atoms with E-state index in [0.29, 0.717) is 18.7 Å². The standard InChI is InChI=1S/C12H13BrN4O2/c13-9-1-3-10(4-2-9)19-7-12(18)14-6-5-11-15-8-16-17-11/h1-4,8H,5-7H2,(H,14,18)(H,15,16,17). The highest BCUT2D eigenvalue weighted by atomic mass is 79.9. The number of H-pyrrole nitrogens is 1. The summed E-state index contributed by atoms with van der Waals surface area (Å²) >= 11 is 3.33. The number of halogens is 1. The van der Waals surface area contributed by atoms with Gasteiger partial charge in [-0.25, -0.2) is 4.98 Å². The Labute approximate surface area is 118 Å². The van der Waals surface area contributed by atoms with Crippen LogP contribution in [0.15, 0.2) is 35.1 Å². The van der Waals surface area contributed by atoms with Crippen LogP contribution in [0.1, 0.15) is 5.82 Å². The fourth-order valence-electron chi connectivity index (χ4n) is 1.40. The molecule has 0 radical (unpaired) electrons. The summed E-state index contributed by atoms with van der Waals surface area (Å²) in [6.07, 6.45) is 2.05. The van der Waals surface area contributed by atoms with Crippen molar-refractivity contribution in [1.82, 2.24) is 20.5 Å². The highest BCUT2D eigenvalue weighted by Crippen LogP contribution is 2.15. The average Bonchev–Trinajstić information content (AvgIpc) is 2.91. The van der Waals surface area contributed by atoms with E-state index in [1.165, 1.54) is 6.33 Å². The Morgan fingerprint density at radius 3 is 2.84 bits per heavy atom. The first-order chi connectivity index (χ1) is 9.24. The van der Waals surface area contributed by atoms with Gasteiger partial charge in [-0.2, -0.15) is 5.10 Å². The molecule has 2 rings (SSSR count). The molecule has 0 unspecified atom stereocenters. The van der Waals surface area contributed by atoms with Crippen molar-refractivity contribution >= 4 is 21.8 Å². The average molecular weight is 325 g/mol. The number of hydrogen-bond donors (Lipinski definition) is 2. The lowest BCUT2D eigenvalue weighted by atomic mass is 10.3. The highest BCUT2D eigenvalue weighted by Gasteiger charge is 2.03. The van der Waals surface area contributed by atoms with E-state index < -0.39 is 0 Å². The van der Waals surface area contributed by atoms with E-state index in [1.807, 2.05) is 12.1 Å². The Kier molecular flexibility index (Phi) is 4.91. The normalized spacial score (nSPS) is 10.2. The number of carbonyl (C=O) groups is 1. The van der Waals surface area contributed by atoms with Crippen LogP contribution in [0.5, 0.6) is 5.75 Å². The van der Waals surface area contributed by atoms with Gasteiger partial charge in [0.25, 0.3) is 5.91 Å². The number of nitrogens with one attached hydrogen (secondary N) is 2. The van der Waals surface area contributed by atoms with E-state index in [0.717, 1.165) is 10.3 Å². The van der Waals surface area contributed by atoms with Crippen LogP contribution in [-0.4, -0.2) is 34.2 Å². The van der Waals surface area contributed by atoms with Gasteiger partial charge in [0.15, 0.2) is 6.61 Å². The molecule has 0 aliphatic rings. The molecule has 6 nitrogen and oxygen atoms in total. The Bertz CT molecular complexity index is 513. The number of rotatable bonds is 6. The fourth-order valence-corrected chi connectivity index (χ4v) is 1.67. The molecule has 0 aliphatic carbocycles. The number of carbonyl (C=O) groups excluding carboxylic acids is 1. The topological polar surface area (TPSA) is 79.9 Å². The zero-order valence-corrected chi connectivity index (χ0v) is 11.7. The molecular formula is C12H13BrN4O2. The van der Waals surface area contributed by atoms with Gasteiger partial charge in [0, 0.05) is 17.4 Å². The Hall–Kier alpha value is -1.89. The van der Waals surface area contributed by atoms with Gasteiger partial charge in [0.05, 0.1) is 0 Å². The minimum absolute atomic E-state index is 0.00195. The van der Waals surface area contributed by atoms with E-state index in [1.54, 1.807) is 12.1 Å². The van der Waals surface area contributed by atoms with Crippen molar-refractivity contribution in [2.45, 2.75) is 6.42 Å². The van der Waals surface area contributed by atoms with Gasteiger partial charge >= 0.3 is 0 Å². The molecule has 19 heavy (non-hydrogen) atoms. The summed E-state index contributed by atoms with van der Waals surface area (Å²) in [5.74, 6) is 1.24. The van der Waals surface area contributed by atoms with Crippen LogP contribution < -0.4 is 10.1 Å². The summed E-state index contributed by atoms with van der Waals surface area (Å²) in [4.78, 5) is 15.5. The number of hydrogen-bond acceptors (Lipinski definition) is 4. The Balaban J connectivity index is 1.65. The molecule has 0 saturated carbocycles. The second-order valence-corrected chi connectivity index (χ2v) is 4.69. The van der Waals surface area contributed by atoms with Crippen LogP contribution in [0.3, 0.4) is 0 Å². The number of ether oxygens (including phenoxy) is 1. The molecule has 100 valence electrons. The minimum atomic E-state index is -0.164. The summed E-state index contributed by atoms with van der Waals surface area (Å²) in [5, 5.41) is 9.19. The summed E-state index contributed by atoms with van der Waals surface area (Å²) in [7, 11) is 0. The molecule has 0 fully saturated rings. The molecule has 2 N–H and O–H groups in total. The zero-order valence-electron chi connectivity index (χ0n) is 10.1. The molecule has 0 aliphatic heterocycles. The summed E-state index contributed by atoms with van der Waals surface area (Å²) < 4.78 is 6.31. The van der Waals surface area contributed by atoms with Crippen molar-refractivity contribution in [3.05, 3.63) is 40.9 Å². The van der Waals surface area contributed by atoms with Crippen molar-refractivity contribution in [2.24, 2.45) is 0 Å². The summed E-state index contributed by atoms with van der Waals surface area (Å²) in [6, 6.07) is 7.31. The Morgan fingerprint density at radius 2 is 2.16 bits per heavy atom. The minimum Gasteiger partial charge on any atom is -0.484 e. The molecule has 2 aromatic rings. The second-order valence-electron chi connectivity index (χ2n) is 3.77. The first-order valence-electron chi connectivity index (χ1n) is 5.73. The van der Waals surface area contributed by atoms with Crippen LogP contribution in [0.2, 0.25) is 0 Å². The third-order valence-electron chi connectivity index (χ3n) is 2.33. The molecule has 1 aromatic heterocycles. The van der Waals surface area contributed by atoms with Crippen molar-refractivity contribution in [3.63, 3.8) is 0 Å². The zero-order chi connectivity index (χ0) is 13.5. The first-order valence-corrected chi connectivity index (χ1v) is 6.52. The van der Waals surface area contributed by atoms with Gasteiger partial charge in [-0.3, -0.25) is 9.89 Å². The summed E-state index contributed by atoms with van der Waals surface area (Å²) in [5.41, 5.74) is 0. The first kappa shape index (κ1) is 13.5. The monoisotopic (exact) mass is 324 g/mol. The number of aromatic nitrogens is 3. The van der Waals surface area contributed by atoms with Crippen molar-refractivity contribution in [1.29, 1.82) is 0 Å². The predicted molar refractivity (Wildman–Crippen MR) is 72.7 cm³/mol. The molecule has 0 saturated heterocycles. The van der Waals surface area contributed by atoms with Crippen LogP contribution >= 0.6 is 15.9 Å². The van der Waals surface area contributed by atoms with Crippen LogP contribution in [0.4, 0.5) is 0 Å². The van der Waals surface area contributed by atoms with E-state index in [9.17, 15) is 4.79 Å². The van der Waals surface area contributed by atoms with Crippen molar-refractivity contribution < 1.29 is 9.53 Å². The Morgan fingerprint density at radius 1 is 1.37 bits per heavy atom. The predicted octanol–water partition coefficient (Wildman–Crippen LogP) is 1.30. The quantitative estimate of drug-likeness (QED) is 0.839. The van der Waals surface area contributed by atoms with Crippen molar-refractivity contribution in [2.75, 3.05) is 13.2 Å². The number of nitrogens with zero attached hydrogens (tertiary/aromatic N) is 2. The molecule has 1 amide bonds. The molecule has 1 aromatic carbocycles. The van der Waals surface area contributed by atoms with Crippen LogP contribution in [0, 0.1) is 0 Å². The number of benzene rings is 1. The molecule has 0 spiro atoms. The van der Waals surface area contributed by atoms with Gasteiger partial charge in [0.1, 0.15) is 17.9 Å². The molecule has 1 heterocycles. The third kappa shape index (κ3) is 4.70. The lowest BCUT2D eigenvalue weighted by molar-refractivity contribution is -0.123. The molecule has 0 atom stereocenters. The number of amides is 1. The van der Waals surface area contributed by atoms with Crippen molar-refractivity contribution in [3.8, 4) is 5.75 Å². The SMILES string of the molecule is O=C(COc1ccc(Br)cc1)NCCc1ncn[nH]1. The maximum atomic E-state index is 11.5. The van der Waals surface area contributed by atoms with E-state index in [2.05, 4.69) is 36.4 Å². The molecule has 0 bridgehead atoms. The van der Waals surface area contributed by atoms with Gasteiger partial charge in [-0.15, -0.1) is 0 Å². The van der Waals surface area contributed by atoms with Crippen LogP contribution in [0.25, 0.3) is 0 Å². The fraction of sp³-hybridized carbons (Fsp3) is 0.250. The lowest BCUT2D eigenvalue weighted by Crippen LogP contribution is -2.30. The van der Waals surface area contributed by atoms with Gasteiger partial charge < -0.3 is 10.1 Å². The van der Waals surface area contributed by atoms with Gasteiger partial charge in [-0.1, -0.05) is 15.9 Å². The van der Waals surface area contributed by atoms with E-state index in [-0.39, 0.29) is 12.5 Å². The molecular weight excluding hydrogens is 312 g/mol. The molecule has 7 heteroatoms. The van der Waals surface area contributed by atoms with Gasteiger partial charge in [-0.05, 0) is 24.3 Å². The van der Waals surface area contributed by atoms with Crippen LogP contribution in [-0.2, 0) is 11.2 Å². The van der Waals surface area contributed by atoms with E-state index in [4.69, 9.17) is 4.74 Å². The highest BCUT2D eigenvalue weighted by molar-refractivity contribution is 9.10. The van der Waals surface area contributed by atoms with E-state index >= 15 is 0 Å². The maximum absolute atomic E-state index is 11.5. The summed E-state index contributed by atoms with van der Waals surface area (Å²) in [6.45, 7) is 0.496. The third-order valence-corrected chi connectivity index (χ3v) is 2.86. The smallest absolute Gasteiger partial charge is 0.257 e. The lowest BCUT2D eigenvalue weighted by Gasteiger charge is -2.06. The second kappa shape index (κ2) is 6.89. The van der Waals surface area contributed by atoms with Gasteiger partial charge in [0.2, 0.25) is 0 Å². The number of aromatic amines is 1.